The molecule has 0 N–H and O–H groups in total. The largest absolute Gasteiger partial charge is 0.875 e. The molecular weight excluding hydrogens is 152 g/mol. The molecule has 0 heterocycles. The van der Waals surface area contributed by atoms with Gasteiger partial charge in [-0.05, 0) is 11.5 Å². The topological polar surface area (TPSA) is 40.1 Å². The fourth-order valence-electron chi connectivity index (χ4n) is 0.512. The minimum atomic E-state index is -0.440. The summed E-state index contributed by atoms with van der Waals surface area (Å²) in [6.07, 6.45) is 1.21. The second-order valence-corrected chi connectivity index (χ2v) is 4.32. The van der Waals surface area contributed by atoms with E-state index >= 15 is 0 Å². The van der Waals surface area contributed by atoms with Gasteiger partial charge in [-0.3, -0.25) is 4.79 Å². The van der Waals surface area contributed by atoms with Crippen LogP contribution in [0.5, 0.6) is 0 Å². The molecule has 2 nitrogen and oxygen atoms in total. The van der Waals surface area contributed by atoms with Crippen molar-refractivity contribution in [1.82, 2.24) is 0 Å². The van der Waals surface area contributed by atoms with Crippen LogP contribution in [-0.4, -0.2) is 5.78 Å². The average molecular weight is 169 g/mol. The van der Waals surface area contributed by atoms with Crippen LogP contribution in [0.4, 0.5) is 0 Å². The van der Waals surface area contributed by atoms with Crippen LogP contribution < -0.4 is 5.11 Å². The Kier molecular flexibility index (Phi) is 3.50. The molecule has 0 spiro atoms. The van der Waals surface area contributed by atoms with Crippen LogP contribution in [0.25, 0.3) is 0 Å². The Morgan fingerprint density at radius 2 is 1.75 bits per heavy atom. The molecule has 0 saturated carbocycles. The SMILES string of the molecule is CC(C)C(=O)/C=C(\[O-])C(C)(C)C. The summed E-state index contributed by atoms with van der Waals surface area (Å²) in [6, 6.07) is 0. The lowest BCUT2D eigenvalue weighted by atomic mass is 9.92. The van der Waals surface area contributed by atoms with E-state index in [1.807, 2.05) is 0 Å². The van der Waals surface area contributed by atoms with E-state index in [9.17, 15) is 9.90 Å². The molecule has 0 aromatic heterocycles. The molecule has 0 aromatic rings. The normalized spacial score (nSPS) is 13.7. The predicted molar refractivity (Wildman–Crippen MR) is 47.4 cm³/mol. The molecule has 0 unspecified atom stereocenters. The number of carbonyl (C=O) groups is 1. The highest BCUT2D eigenvalue weighted by Gasteiger charge is 2.10. The molecule has 0 aliphatic carbocycles. The first-order chi connectivity index (χ1) is 5.25. The summed E-state index contributed by atoms with van der Waals surface area (Å²) in [6.45, 7) is 8.99. The van der Waals surface area contributed by atoms with E-state index in [4.69, 9.17) is 0 Å². The predicted octanol–water partition coefficient (Wildman–Crippen LogP) is 1.50. The average Bonchev–Trinajstić information content (AvgIpc) is 1.85. The van der Waals surface area contributed by atoms with Gasteiger partial charge in [0.05, 0.1) is 0 Å². The summed E-state index contributed by atoms with van der Waals surface area (Å²) in [5, 5.41) is 11.3. The van der Waals surface area contributed by atoms with Crippen LogP contribution in [0.2, 0.25) is 0 Å². The number of allylic oxidation sites excluding steroid dienone is 2. The smallest absolute Gasteiger partial charge is 0.157 e. The van der Waals surface area contributed by atoms with E-state index in [-0.39, 0.29) is 17.5 Å². The van der Waals surface area contributed by atoms with Gasteiger partial charge in [-0.15, -0.1) is 5.76 Å². The van der Waals surface area contributed by atoms with Crippen LogP contribution in [-0.2, 0) is 4.79 Å². The Bertz CT molecular complexity index is 194. The van der Waals surface area contributed by atoms with E-state index in [1.165, 1.54) is 6.08 Å². The van der Waals surface area contributed by atoms with Crippen LogP contribution in [0.1, 0.15) is 34.6 Å². The van der Waals surface area contributed by atoms with Crippen molar-refractivity contribution in [3.8, 4) is 0 Å². The van der Waals surface area contributed by atoms with Crippen LogP contribution in [0.3, 0.4) is 0 Å². The third kappa shape index (κ3) is 3.56. The van der Waals surface area contributed by atoms with Crippen molar-refractivity contribution in [2.24, 2.45) is 11.3 Å². The Balaban J connectivity index is 4.48. The summed E-state index contributed by atoms with van der Waals surface area (Å²) >= 11 is 0. The number of rotatable bonds is 2. The van der Waals surface area contributed by atoms with Crippen molar-refractivity contribution in [3.63, 3.8) is 0 Å². The molecule has 2 heteroatoms. The van der Waals surface area contributed by atoms with Crippen molar-refractivity contribution >= 4 is 5.78 Å². The number of hydrogen-bond donors (Lipinski definition) is 0. The summed E-state index contributed by atoms with van der Waals surface area (Å²) in [5.74, 6) is -0.271. The van der Waals surface area contributed by atoms with Crippen LogP contribution >= 0.6 is 0 Å². The highest BCUT2D eigenvalue weighted by molar-refractivity contribution is 5.91. The number of ketones is 1. The second-order valence-electron chi connectivity index (χ2n) is 4.32. The van der Waals surface area contributed by atoms with E-state index in [1.54, 1.807) is 34.6 Å². The van der Waals surface area contributed by atoms with Crippen molar-refractivity contribution in [1.29, 1.82) is 0 Å². The maximum Gasteiger partial charge on any atom is 0.157 e. The monoisotopic (exact) mass is 169 g/mol. The Morgan fingerprint density at radius 1 is 1.33 bits per heavy atom. The van der Waals surface area contributed by atoms with Gasteiger partial charge in [0.1, 0.15) is 0 Å². The lowest BCUT2D eigenvalue weighted by Crippen LogP contribution is -2.22. The highest BCUT2D eigenvalue weighted by Crippen LogP contribution is 2.20. The Morgan fingerprint density at radius 3 is 2.00 bits per heavy atom. The molecule has 0 bridgehead atoms. The Labute approximate surface area is 74.3 Å². The zero-order valence-electron chi connectivity index (χ0n) is 8.47. The highest BCUT2D eigenvalue weighted by atomic mass is 16.3. The maximum absolute atomic E-state index is 11.3. The molecule has 0 aliphatic rings. The van der Waals surface area contributed by atoms with Crippen molar-refractivity contribution in [2.75, 3.05) is 0 Å². The van der Waals surface area contributed by atoms with Crippen LogP contribution in [0.15, 0.2) is 11.8 Å². The van der Waals surface area contributed by atoms with Crippen molar-refractivity contribution in [3.05, 3.63) is 11.8 Å². The van der Waals surface area contributed by atoms with Crippen molar-refractivity contribution < 1.29 is 9.90 Å². The number of carbonyl (C=O) groups excluding carboxylic acids is 1. The van der Waals surface area contributed by atoms with Crippen molar-refractivity contribution in [2.45, 2.75) is 34.6 Å². The van der Waals surface area contributed by atoms with Gasteiger partial charge in [0.15, 0.2) is 5.78 Å². The van der Waals surface area contributed by atoms with Crippen LogP contribution in [0, 0.1) is 11.3 Å². The number of hydrogen-bond acceptors (Lipinski definition) is 2. The third-order valence-electron chi connectivity index (χ3n) is 1.58. The molecule has 0 atom stereocenters. The lowest BCUT2D eigenvalue weighted by molar-refractivity contribution is -0.322. The molecule has 0 aliphatic heterocycles. The molecule has 70 valence electrons. The summed E-state index contributed by atoms with van der Waals surface area (Å²) in [7, 11) is 0. The van der Waals surface area contributed by atoms with Gasteiger partial charge in [0.25, 0.3) is 0 Å². The van der Waals surface area contributed by atoms with E-state index in [0.29, 0.717) is 0 Å². The molecular formula is C10H17O2-. The molecule has 0 radical (unpaired) electrons. The fraction of sp³-hybridized carbons (Fsp3) is 0.700. The first kappa shape index (κ1) is 11.2. The maximum atomic E-state index is 11.3. The second kappa shape index (κ2) is 3.74. The third-order valence-corrected chi connectivity index (χ3v) is 1.58. The van der Waals surface area contributed by atoms with Gasteiger partial charge in [-0.25, -0.2) is 0 Å². The first-order valence-electron chi connectivity index (χ1n) is 4.18. The molecule has 0 amide bonds. The van der Waals surface area contributed by atoms with Gasteiger partial charge in [-0.1, -0.05) is 34.6 Å². The molecule has 12 heavy (non-hydrogen) atoms. The minimum Gasteiger partial charge on any atom is -0.875 e. The summed E-state index contributed by atoms with van der Waals surface area (Å²) < 4.78 is 0. The molecule has 0 saturated heterocycles. The Hall–Kier alpha value is -0.790. The molecule has 0 rings (SSSR count). The summed E-state index contributed by atoms with van der Waals surface area (Å²) in [5.41, 5.74) is -0.440. The minimum absolute atomic E-state index is 0.0868. The fourth-order valence-corrected chi connectivity index (χ4v) is 0.512. The van der Waals surface area contributed by atoms with Gasteiger partial charge in [-0.2, -0.15) is 0 Å². The van der Waals surface area contributed by atoms with E-state index in [2.05, 4.69) is 0 Å². The zero-order valence-corrected chi connectivity index (χ0v) is 8.47. The first-order valence-corrected chi connectivity index (χ1v) is 4.18. The molecule has 0 aromatic carbocycles. The van der Waals surface area contributed by atoms with E-state index in [0.717, 1.165) is 0 Å². The molecule has 0 fully saturated rings. The zero-order chi connectivity index (χ0) is 9.94. The quantitative estimate of drug-likeness (QED) is 0.464. The van der Waals surface area contributed by atoms with Gasteiger partial charge in [0, 0.05) is 5.92 Å². The van der Waals surface area contributed by atoms with Gasteiger partial charge < -0.3 is 5.11 Å². The summed E-state index contributed by atoms with van der Waals surface area (Å²) in [4.78, 5) is 11.1. The van der Waals surface area contributed by atoms with Gasteiger partial charge >= 0.3 is 0 Å². The van der Waals surface area contributed by atoms with E-state index < -0.39 is 5.41 Å². The van der Waals surface area contributed by atoms with Gasteiger partial charge in [0.2, 0.25) is 0 Å². The standard InChI is InChI=1S/C10H18O2/c1-7(2)8(11)6-9(12)10(3,4)5/h6-7,12H,1-5H3/p-1/b9-6-. The lowest BCUT2D eigenvalue weighted by Gasteiger charge is -2.27.